The van der Waals surface area contributed by atoms with E-state index >= 15 is 8.78 Å². The van der Waals surface area contributed by atoms with Crippen molar-refractivity contribution >= 4 is 151 Å². The molecular weight excluding hydrogens is 943 g/mol. The molecule has 0 aliphatic heterocycles. The van der Waals surface area contributed by atoms with Crippen LogP contribution in [0.25, 0.3) is 62.7 Å². The highest BCUT2D eigenvalue weighted by molar-refractivity contribution is 7.79. The van der Waals surface area contributed by atoms with Crippen molar-refractivity contribution in [1.82, 2.24) is 0 Å². The average Bonchev–Trinajstić information content (AvgIpc) is 4.13. The Balaban J connectivity index is 0.985. The van der Waals surface area contributed by atoms with Crippen LogP contribution in [-0.2, 0) is 0 Å². The normalized spacial score (nSPS) is 15.9. The number of hydrogen-bond donors (Lipinski definition) is 6. The molecule has 0 saturated carbocycles. The maximum Gasteiger partial charge on any atom is 0.160 e. The molecule has 1 aromatic carbocycles. The third-order valence-corrected chi connectivity index (χ3v) is 17.1. The van der Waals surface area contributed by atoms with E-state index in [-0.39, 0.29) is 56.6 Å². The van der Waals surface area contributed by atoms with Crippen molar-refractivity contribution in [3.8, 4) is 51.9 Å². The van der Waals surface area contributed by atoms with Crippen molar-refractivity contribution in [1.29, 1.82) is 10.8 Å². The van der Waals surface area contributed by atoms with Crippen LogP contribution in [0.2, 0.25) is 0 Å². The lowest BCUT2D eigenvalue weighted by molar-refractivity contribution is 0.111. The first-order chi connectivity index (χ1) is 30.0. The first-order valence-corrected chi connectivity index (χ1v) is 23.6. The fourth-order valence-electron chi connectivity index (χ4n) is 6.86. The zero-order valence-electron chi connectivity index (χ0n) is 31.1. The van der Waals surface area contributed by atoms with Gasteiger partial charge in [-0.05, 0) is 123 Å². The first-order valence-electron chi connectivity index (χ1n) is 17.9. The summed E-state index contributed by atoms with van der Waals surface area (Å²) in [6.45, 7) is 0. The van der Waals surface area contributed by atoms with E-state index in [1.807, 2.05) is 24.3 Å². The van der Waals surface area contributed by atoms with Crippen LogP contribution >= 0.6 is 93.7 Å². The number of allylic oxidation sites excluding steroid dienone is 8. The van der Waals surface area contributed by atoms with Gasteiger partial charge in [0.1, 0.15) is 34.6 Å². The van der Waals surface area contributed by atoms with Gasteiger partial charge in [0, 0.05) is 71.0 Å². The molecule has 18 heteroatoms. The monoisotopic (exact) mass is 966 g/mol. The van der Waals surface area contributed by atoms with Crippen molar-refractivity contribution in [3.63, 3.8) is 0 Å². The Hall–Kier alpha value is -5.44. The van der Waals surface area contributed by atoms with Gasteiger partial charge in [-0.3, -0.25) is 20.4 Å². The lowest BCUT2D eigenvalue weighted by Gasteiger charge is -2.18. The molecule has 0 spiro atoms. The number of phenolic OH excluding ortho intramolecular Hbond substituents is 2. The van der Waals surface area contributed by atoms with Crippen LogP contribution in [0.15, 0.2) is 118 Å². The quantitative estimate of drug-likeness (QED) is 0.0351. The Morgan fingerprint density at radius 3 is 1.18 bits per heavy atom. The number of thiol groups is 2. The van der Waals surface area contributed by atoms with Crippen LogP contribution in [0, 0.1) is 10.8 Å². The molecule has 8 nitrogen and oxygen atoms in total. The maximum absolute atomic E-state index is 16.1. The van der Waals surface area contributed by atoms with Crippen molar-refractivity contribution in [2.75, 3.05) is 0 Å². The molecule has 0 atom stereocenters. The van der Waals surface area contributed by atoms with Gasteiger partial charge in [0.25, 0.3) is 0 Å². The summed E-state index contributed by atoms with van der Waals surface area (Å²) in [6.07, 6.45) is 4.17. The molecule has 0 fully saturated rings. The number of thiophene rings is 6. The lowest BCUT2D eigenvalue weighted by Crippen LogP contribution is -2.20. The second-order valence-electron chi connectivity index (χ2n) is 13.4. The van der Waals surface area contributed by atoms with E-state index in [0.29, 0.717) is 50.2 Å². The summed E-state index contributed by atoms with van der Waals surface area (Å²) in [4.78, 5) is 30.2. The van der Waals surface area contributed by atoms with E-state index in [4.69, 9.17) is 10.8 Å². The molecule has 0 radical (unpaired) electrons. The van der Waals surface area contributed by atoms with Gasteiger partial charge in [-0.1, -0.05) is 0 Å². The van der Waals surface area contributed by atoms with Crippen molar-refractivity contribution in [2.45, 2.75) is 0 Å². The Bertz CT molecular complexity index is 3040. The van der Waals surface area contributed by atoms with E-state index in [2.05, 4.69) is 34.4 Å². The molecule has 4 N–H and O–H groups in total. The Morgan fingerprint density at radius 1 is 0.484 bits per heavy atom. The van der Waals surface area contributed by atoms with Crippen LogP contribution in [-0.4, -0.2) is 45.6 Å². The van der Waals surface area contributed by atoms with Gasteiger partial charge in [0.05, 0.1) is 32.3 Å². The number of aldehydes is 2. The van der Waals surface area contributed by atoms with Crippen LogP contribution in [0.1, 0.15) is 38.9 Å². The van der Waals surface area contributed by atoms with Gasteiger partial charge in [-0.2, -0.15) is 0 Å². The van der Waals surface area contributed by atoms with Crippen molar-refractivity contribution in [3.05, 3.63) is 138 Å². The first kappa shape index (κ1) is 41.9. The molecule has 6 aromatic heterocycles. The summed E-state index contributed by atoms with van der Waals surface area (Å²) in [7, 11) is 0. The summed E-state index contributed by atoms with van der Waals surface area (Å²) in [6, 6.07) is 23.9. The molecule has 2 aliphatic carbocycles. The van der Waals surface area contributed by atoms with E-state index in [0.717, 1.165) is 54.8 Å². The number of carbonyl (C=O) groups excluding carboxylic acids is 2. The second-order valence-corrected chi connectivity index (χ2v) is 20.4. The van der Waals surface area contributed by atoms with E-state index in [1.54, 1.807) is 48.5 Å². The number of halogens is 2. The fraction of sp³-hybridized carbons (Fsp3) is 0. The summed E-state index contributed by atoms with van der Waals surface area (Å²) in [5.74, 6) is -1.59. The molecule has 9 rings (SSSR count). The number of carbonyl (C=O) groups is 2. The summed E-state index contributed by atoms with van der Waals surface area (Å²) in [5, 5.41) is 40.6. The van der Waals surface area contributed by atoms with Gasteiger partial charge in [0.2, 0.25) is 0 Å². The van der Waals surface area contributed by atoms with Crippen LogP contribution in [0.4, 0.5) is 8.78 Å². The highest BCUT2D eigenvalue weighted by Gasteiger charge is 2.31. The van der Waals surface area contributed by atoms with Gasteiger partial charge in [0.15, 0.2) is 12.6 Å². The largest absolute Gasteiger partial charge is 0.507 e. The minimum absolute atomic E-state index is 0.0219. The minimum atomic E-state index is -0.621. The number of phenols is 2. The Morgan fingerprint density at radius 2 is 0.806 bits per heavy atom. The third kappa shape index (κ3) is 7.49. The van der Waals surface area contributed by atoms with Crippen LogP contribution in [0.3, 0.4) is 0 Å². The molecule has 0 unspecified atom stereocenters. The number of benzene rings is 1. The smallest absolute Gasteiger partial charge is 0.160 e. The van der Waals surface area contributed by atoms with Crippen LogP contribution < -0.4 is 0 Å². The SMILES string of the molecule is N=C1C(c2ccc(-c3ccc(C=O)s3)s2)=CC(F)=C(c2ccc(-c3cc(O)c(-c4ccc(C5=C(F)C=C(c6ccc(-c7ccc(C=O)s7)s6)C(=N)/C5=N\S)s4)cc3O)s2)/C1=N/S. The van der Waals surface area contributed by atoms with E-state index in [1.165, 1.54) is 69.6 Å². The highest BCUT2D eigenvalue weighted by Crippen LogP contribution is 2.48. The standard InChI is InChI=1S/C44H24F2N4O4S8/c45-25-13-23(31-5-9-35(59-31)33-3-1-19(17-51)57-33)41(47)43(49-55)39(25)37-11-7-29(61-37)21-15-28(54)22(16-27(21)53)30-8-12-38(62-30)40-26(46)14-24(42(48)44(40)50-56)32-6-10-36(60-32)34-4-2-20(18-52)58-34/h1-18,47-48,53-56H/b47-41?,48-42?,49-43-,50-44-. The molecule has 2 aliphatic rings. The van der Waals surface area contributed by atoms with Gasteiger partial charge < -0.3 is 10.2 Å². The molecule has 0 amide bonds. The molecular formula is C44H24F2N4O4S8. The zero-order valence-corrected chi connectivity index (χ0v) is 37.8. The minimum Gasteiger partial charge on any atom is -0.507 e. The van der Waals surface area contributed by atoms with E-state index in [9.17, 15) is 19.8 Å². The Kier molecular flexibility index (Phi) is 11.5. The van der Waals surface area contributed by atoms with Gasteiger partial charge >= 0.3 is 0 Å². The third-order valence-electron chi connectivity index (χ3n) is 9.77. The zero-order chi connectivity index (χ0) is 43.4. The summed E-state index contributed by atoms with van der Waals surface area (Å²) >= 11 is 15.9. The molecule has 62 heavy (non-hydrogen) atoms. The topological polar surface area (TPSA) is 147 Å². The maximum atomic E-state index is 16.1. The Labute approximate surface area is 386 Å². The highest BCUT2D eigenvalue weighted by atomic mass is 32.1. The van der Waals surface area contributed by atoms with Crippen molar-refractivity contribution in [2.24, 2.45) is 8.80 Å². The molecule has 6 heterocycles. The fourth-order valence-corrected chi connectivity index (χ4v) is 13.3. The van der Waals surface area contributed by atoms with E-state index < -0.39 is 11.7 Å². The second kappa shape index (κ2) is 17.0. The number of aromatic hydroxyl groups is 2. The van der Waals surface area contributed by atoms with Gasteiger partial charge in [-0.25, -0.2) is 17.6 Å². The molecule has 306 valence electrons. The number of hydrogen-bond acceptors (Lipinski definition) is 16. The predicted octanol–water partition coefficient (Wildman–Crippen LogP) is 13.9. The predicted molar refractivity (Wildman–Crippen MR) is 263 cm³/mol. The van der Waals surface area contributed by atoms with Gasteiger partial charge in [-0.15, -0.1) is 68.0 Å². The van der Waals surface area contributed by atoms with Crippen LogP contribution in [0.5, 0.6) is 11.5 Å². The molecule has 0 saturated heterocycles. The lowest BCUT2D eigenvalue weighted by atomic mass is 9.91. The number of rotatable bonds is 10. The molecule has 0 bridgehead atoms. The van der Waals surface area contributed by atoms with Crippen molar-refractivity contribution < 1.29 is 28.6 Å². The summed E-state index contributed by atoms with van der Waals surface area (Å²) in [5.41, 5.74) is 1.39. The molecule has 7 aromatic rings. The number of nitrogens with zero attached hydrogens (tertiary/aromatic N) is 2. The number of nitrogens with one attached hydrogen (secondary N) is 2. The average molecular weight is 967 g/mol. The summed E-state index contributed by atoms with van der Waals surface area (Å²) < 4.78 is 40.2.